The normalized spacial score (nSPS) is 10.7. The smallest absolute Gasteiger partial charge is 0.245 e. The molecule has 0 unspecified atom stereocenters. The lowest BCUT2D eigenvalue weighted by molar-refractivity contribution is -0.132. The SMILES string of the molecule is CCONC(=O)CCN(CCOC)c1nc(Cc2ccc(C)cc2)ns1. The van der Waals surface area contributed by atoms with E-state index in [1.807, 2.05) is 11.8 Å². The lowest BCUT2D eigenvalue weighted by atomic mass is 10.1. The maximum Gasteiger partial charge on any atom is 0.245 e. The van der Waals surface area contributed by atoms with Crippen molar-refractivity contribution in [1.29, 1.82) is 0 Å². The summed E-state index contributed by atoms with van der Waals surface area (Å²) >= 11 is 1.35. The molecule has 0 spiro atoms. The van der Waals surface area contributed by atoms with Crippen LogP contribution < -0.4 is 10.4 Å². The van der Waals surface area contributed by atoms with E-state index in [4.69, 9.17) is 9.57 Å². The summed E-state index contributed by atoms with van der Waals surface area (Å²) < 4.78 is 9.63. The van der Waals surface area contributed by atoms with E-state index in [9.17, 15) is 4.79 Å². The third kappa shape index (κ3) is 6.70. The minimum absolute atomic E-state index is 0.154. The molecule has 1 amide bonds. The first-order chi connectivity index (χ1) is 12.6. The van der Waals surface area contributed by atoms with Crippen molar-refractivity contribution in [3.63, 3.8) is 0 Å². The number of anilines is 1. The topological polar surface area (TPSA) is 76.6 Å². The molecule has 2 aromatic rings. The van der Waals surface area contributed by atoms with Crippen molar-refractivity contribution >= 4 is 22.6 Å². The number of hydrogen-bond donors (Lipinski definition) is 1. The molecule has 0 atom stereocenters. The maximum atomic E-state index is 11.8. The fourth-order valence-electron chi connectivity index (χ4n) is 2.28. The van der Waals surface area contributed by atoms with Gasteiger partial charge in [0.25, 0.3) is 0 Å². The molecule has 0 saturated heterocycles. The Kier molecular flexibility index (Phi) is 8.46. The van der Waals surface area contributed by atoms with E-state index in [0.717, 1.165) is 11.0 Å². The second-order valence-electron chi connectivity index (χ2n) is 5.84. The average Bonchev–Trinajstić information content (AvgIpc) is 3.10. The van der Waals surface area contributed by atoms with Crippen molar-refractivity contribution in [1.82, 2.24) is 14.8 Å². The highest BCUT2D eigenvalue weighted by Gasteiger charge is 2.14. The fraction of sp³-hybridized carbons (Fsp3) is 0.500. The number of hydroxylamine groups is 1. The standard InChI is InChI=1S/C18H26N4O3S/c1-4-25-20-17(23)9-10-22(11-12-24-3)18-19-16(21-26-18)13-15-7-5-14(2)6-8-15/h5-8H,4,9-13H2,1-3H3,(H,20,23). The summed E-state index contributed by atoms with van der Waals surface area (Å²) in [4.78, 5) is 23.3. The molecule has 0 aliphatic rings. The van der Waals surface area contributed by atoms with Gasteiger partial charge in [-0.3, -0.25) is 9.63 Å². The van der Waals surface area contributed by atoms with Crippen LogP contribution in [-0.2, 0) is 20.8 Å². The molecule has 0 saturated carbocycles. The van der Waals surface area contributed by atoms with Crippen molar-refractivity contribution < 1.29 is 14.4 Å². The van der Waals surface area contributed by atoms with Crippen LogP contribution in [0.2, 0.25) is 0 Å². The zero-order valence-electron chi connectivity index (χ0n) is 15.5. The Hall–Kier alpha value is -2.03. The van der Waals surface area contributed by atoms with Crippen LogP contribution >= 0.6 is 11.5 Å². The molecule has 142 valence electrons. The predicted octanol–water partition coefficient (Wildman–Crippen LogP) is 2.35. The number of aromatic nitrogens is 2. The Balaban J connectivity index is 1.97. The third-order valence-electron chi connectivity index (χ3n) is 3.72. The molecule has 0 fully saturated rings. The van der Waals surface area contributed by atoms with Crippen LogP contribution in [0.3, 0.4) is 0 Å². The van der Waals surface area contributed by atoms with E-state index < -0.39 is 0 Å². The predicted molar refractivity (Wildman–Crippen MR) is 102 cm³/mol. The number of methoxy groups -OCH3 is 1. The number of amides is 1. The molecular formula is C18H26N4O3S. The number of rotatable bonds is 11. The second kappa shape index (κ2) is 10.8. The van der Waals surface area contributed by atoms with Gasteiger partial charge in [0.15, 0.2) is 0 Å². The van der Waals surface area contributed by atoms with E-state index in [1.165, 1.54) is 22.7 Å². The van der Waals surface area contributed by atoms with Crippen LogP contribution in [0.5, 0.6) is 0 Å². The number of ether oxygens (including phenoxy) is 1. The number of benzene rings is 1. The van der Waals surface area contributed by atoms with Crippen molar-refractivity contribution in [3.05, 3.63) is 41.2 Å². The molecule has 2 rings (SSSR count). The lowest BCUT2D eigenvalue weighted by Gasteiger charge is -2.20. The first kappa shape index (κ1) is 20.3. The quantitative estimate of drug-likeness (QED) is 0.605. The summed E-state index contributed by atoms with van der Waals surface area (Å²) in [6.45, 7) is 6.07. The third-order valence-corrected chi connectivity index (χ3v) is 4.53. The highest BCUT2D eigenvalue weighted by molar-refractivity contribution is 7.09. The van der Waals surface area contributed by atoms with E-state index in [2.05, 4.69) is 46.0 Å². The summed E-state index contributed by atoms with van der Waals surface area (Å²) in [6.07, 6.45) is 1.01. The molecule has 26 heavy (non-hydrogen) atoms. The van der Waals surface area contributed by atoms with Gasteiger partial charge in [-0.15, -0.1) is 0 Å². The summed E-state index contributed by atoms with van der Waals surface area (Å²) in [7, 11) is 1.66. The molecule has 7 nitrogen and oxygen atoms in total. The van der Waals surface area contributed by atoms with Gasteiger partial charge >= 0.3 is 0 Å². The van der Waals surface area contributed by atoms with Crippen LogP contribution in [0, 0.1) is 6.92 Å². The van der Waals surface area contributed by atoms with E-state index in [1.54, 1.807) is 7.11 Å². The highest BCUT2D eigenvalue weighted by Crippen LogP contribution is 2.19. The van der Waals surface area contributed by atoms with Crippen LogP contribution in [0.4, 0.5) is 5.13 Å². The summed E-state index contributed by atoms with van der Waals surface area (Å²) in [5.74, 6) is 0.633. The molecule has 1 N–H and O–H groups in total. The van der Waals surface area contributed by atoms with Gasteiger partial charge in [0, 0.05) is 44.6 Å². The second-order valence-corrected chi connectivity index (χ2v) is 6.57. The van der Waals surface area contributed by atoms with E-state index >= 15 is 0 Å². The Morgan fingerprint density at radius 3 is 2.73 bits per heavy atom. The summed E-state index contributed by atoms with van der Waals surface area (Å²) in [5, 5.41) is 0.799. The first-order valence-corrected chi connectivity index (χ1v) is 9.42. The largest absolute Gasteiger partial charge is 0.383 e. The molecule has 1 heterocycles. The van der Waals surface area contributed by atoms with Gasteiger partial charge in [0.1, 0.15) is 5.82 Å². The highest BCUT2D eigenvalue weighted by atomic mass is 32.1. The number of nitrogens with zero attached hydrogens (tertiary/aromatic N) is 3. The van der Waals surface area contributed by atoms with Crippen molar-refractivity contribution in [2.24, 2.45) is 0 Å². The Labute approximate surface area is 158 Å². The zero-order chi connectivity index (χ0) is 18.8. The molecule has 8 heteroatoms. The lowest BCUT2D eigenvalue weighted by Crippen LogP contribution is -2.33. The fourth-order valence-corrected chi connectivity index (χ4v) is 3.01. The van der Waals surface area contributed by atoms with Gasteiger partial charge < -0.3 is 9.64 Å². The molecule has 1 aromatic heterocycles. The number of nitrogens with one attached hydrogen (secondary N) is 1. The van der Waals surface area contributed by atoms with Gasteiger partial charge in [-0.05, 0) is 19.4 Å². The minimum Gasteiger partial charge on any atom is -0.383 e. The summed E-state index contributed by atoms with van der Waals surface area (Å²) in [5.41, 5.74) is 4.82. The molecule has 0 aliphatic heterocycles. The number of carbonyl (C=O) groups is 1. The van der Waals surface area contributed by atoms with Gasteiger partial charge in [-0.2, -0.15) is 4.37 Å². The van der Waals surface area contributed by atoms with Gasteiger partial charge in [0.05, 0.1) is 13.2 Å². The van der Waals surface area contributed by atoms with E-state index in [0.29, 0.717) is 39.1 Å². The summed E-state index contributed by atoms with van der Waals surface area (Å²) in [6, 6.07) is 8.36. The zero-order valence-corrected chi connectivity index (χ0v) is 16.3. The Morgan fingerprint density at radius 1 is 1.27 bits per heavy atom. The molecule has 0 bridgehead atoms. The van der Waals surface area contributed by atoms with Crippen molar-refractivity contribution in [2.75, 3.05) is 38.3 Å². The van der Waals surface area contributed by atoms with Gasteiger partial charge in [0.2, 0.25) is 11.0 Å². The van der Waals surface area contributed by atoms with E-state index in [-0.39, 0.29) is 5.91 Å². The monoisotopic (exact) mass is 378 g/mol. The van der Waals surface area contributed by atoms with Crippen molar-refractivity contribution in [2.45, 2.75) is 26.7 Å². The molecule has 0 aliphatic carbocycles. The van der Waals surface area contributed by atoms with Gasteiger partial charge in [-0.25, -0.2) is 10.5 Å². The van der Waals surface area contributed by atoms with Crippen LogP contribution in [-0.4, -0.2) is 48.7 Å². The Morgan fingerprint density at radius 2 is 2.04 bits per heavy atom. The minimum atomic E-state index is -0.154. The molecule has 1 aromatic carbocycles. The number of hydrogen-bond acceptors (Lipinski definition) is 7. The number of aryl methyl sites for hydroxylation is 1. The Bertz CT molecular complexity index is 675. The van der Waals surface area contributed by atoms with Crippen LogP contribution in [0.25, 0.3) is 0 Å². The van der Waals surface area contributed by atoms with Gasteiger partial charge in [-0.1, -0.05) is 29.8 Å². The number of carbonyl (C=O) groups excluding carboxylic acids is 1. The van der Waals surface area contributed by atoms with Crippen LogP contribution in [0.1, 0.15) is 30.3 Å². The molecular weight excluding hydrogens is 352 g/mol. The average molecular weight is 378 g/mol. The van der Waals surface area contributed by atoms with Crippen LogP contribution in [0.15, 0.2) is 24.3 Å². The first-order valence-electron chi connectivity index (χ1n) is 8.65. The van der Waals surface area contributed by atoms with Crippen molar-refractivity contribution in [3.8, 4) is 0 Å². The molecule has 0 radical (unpaired) electrons. The maximum absolute atomic E-state index is 11.8.